The highest BCUT2D eigenvalue weighted by Crippen LogP contribution is 2.29. The van der Waals surface area contributed by atoms with Crippen molar-refractivity contribution >= 4 is 33.0 Å². The molecule has 1 atom stereocenters. The van der Waals surface area contributed by atoms with Crippen molar-refractivity contribution < 1.29 is 22.9 Å². The van der Waals surface area contributed by atoms with Crippen LogP contribution in [0, 0.1) is 10.1 Å². The Kier molecular flexibility index (Phi) is 8.08. The SMILES string of the molecule is CCC(C)c1ccc(N(CC(=O)Nc2ccccc2OC)S(=O)(=O)c2cccc([N+](=O)[O-])c2)cc1. The molecule has 0 aliphatic carbocycles. The molecule has 0 heterocycles. The minimum Gasteiger partial charge on any atom is -0.495 e. The summed E-state index contributed by atoms with van der Waals surface area (Å²) in [4.78, 5) is 23.2. The molecule has 35 heavy (non-hydrogen) atoms. The van der Waals surface area contributed by atoms with Gasteiger partial charge in [0.05, 0.1) is 28.3 Å². The molecule has 0 aromatic heterocycles. The van der Waals surface area contributed by atoms with Gasteiger partial charge in [-0.3, -0.25) is 19.2 Å². The average molecular weight is 498 g/mol. The number of amides is 1. The quantitative estimate of drug-likeness (QED) is 0.313. The molecule has 0 fully saturated rings. The number of nitro groups is 1. The van der Waals surface area contributed by atoms with Crippen LogP contribution in [0.5, 0.6) is 5.75 Å². The van der Waals surface area contributed by atoms with Gasteiger partial charge >= 0.3 is 0 Å². The number of benzene rings is 3. The number of hydrogen-bond acceptors (Lipinski definition) is 6. The van der Waals surface area contributed by atoms with E-state index in [1.54, 1.807) is 36.4 Å². The summed E-state index contributed by atoms with van der Waals surface area (Å²) in [5.74, 6) is 0.0982. The maximum atomic E-state index is 13.6. The molecule has 3 aromatic rings. The van der Waals surface area contributed by atoms with Gasteiger partial charge in [0.25, 0.3) is 15.7 Å². The van der Waals surface area contributed by atoms with Crippen LogP contribution >= 0.6 is 0 Å². The molecule has 0 spiro atoms. The molecule has 0 bridgehead atoms. The fourth-order valence-corrected chi connectivity index (χ4v) is 4.93. The first-order valence-electron chi connectivity index (χ1n) is 11.0. The van der Waals surface area contributed by atoms with Crippen molar-refractivity contribution in [1.82, 2.24) is 0 Å². The topological polar surface area (TPSA) is 119 Å². The van der Waals surface area contributed by atoms with Gasteiger partial charge in [-0.15, -0.1) is 0 Å². The van der Waals surface area contributed by atoms with Crippen molar-refractivity contribution in [3.63, 3.8) is 0 Å². The summed E-state index contributed by atoms with van der Waals surface area (Å²) >= 11 is 0. The number of nitrogens with zero attached hydrogens (tertiary/aromatic N) is 2. The smallest absolute Gasteiger partial charge is 0.270 e. The first kappa shape index (κ1) is 25.7. The number of hydrogen-bond donors (Lipinski definition) is 1. The Bertz CT molecular complexity index is 1310. The van der Waals surface area contributed by atoms with Crippen molar-refractivity contribution in [2.75, 3.05) is 23.3 Å². The van der Waals surface area contributed by atoms with Crippen molar-refractivity contribution in [2.24, 2.45) is 0 Å². The second-order valence-corrected chi connectivity index (χ2v) is 9.78. The van der Waals surface area contributed by atoms with Gasteiger partial charge in [0.1, 0.15) is 12.3 Å². The fourth-order valence-electron chi connectivity index (χ4n) is 3.47. The Morgan fingerprint density at radius 2 is 1.77 bits per heavy atom. The summed E-state index contributed by atoms with van der Waals surface area (Å²) in [5, 5.41) is 13.9. The normalized spacial score (nSPS) is 12.0. The average Bonchev–Trinajstić information content (AvgIpc) is 2.87. The largest absolute Gasteiger partial charge is 0.495 e. The Balaban J connectivity index is 2.01. The van der Waals surface area contributed by atoms with Crippen LogP contribution in [0.25, 0.3) is 0 Å². The van der Waals surface area contributed by atoms with Gasteiger partial charge in [-0.25, -0.2) is 8.42 Å². The molecular weight excluding hydrogens is 470 g/mol. The van der Waals surface area contributed by atoms with Gasteiger partial charge in [-0.1, -0.05) is 44.2 Å². The van der Waals surface area contributed by atoms with Crippen molar-refractivity contribution in [2.45, 2.75) is 31.1 Å². The van der Waals surface area contributed by atoms with Crippen LogP contribution < -0.4 is 14.4 Å². The van der Waals surface area contributed by atoms with Crippen molar-refractivity contribution in [3.05, 3.63) is 88.5 Å². The molecule has 1 unspecified atom stereocenters. The number of para-hydroxylation sites is 2. The number of ether oxygens (including phenoxy) is 1. The van der Waals surface area contributed by atoms with E-state index in [-0.39, 0.29) is 22.2 Å². The van der Waals surface area contributed by atoms with Crippen molar-refractivity contribution in [3.8, 4) is 5.75 Å². The molecule has 1 amide bonds. The molecular formula is C25H27N3O6S. The van der Waals surface area contributed by atoms with E-state index in [2.05, 4.69) is 19.2 Å². The van der Waals surface area contributed by atoms with Gasteiger partial charge in [-0.05, 0) is 48.2 Å². The molecule has 0 radical (unpaired) electrons. The van der Waals surface area contributed by atoms with Crippen LogP contribution in [0.15, 0.2) is 77.7 Å². The third-order valence-electron chi connectivity index (χ3n) is 5.65. The second kappa shape index (κ2) is 11.0. The predicted molar refractivity (Wildman–Crippen MR) is 134 cm³/mol. The highest BCUT2D eigenvalue weighted by atomic mass is 32.2. The number of nitrogens with one attached hydrogen (secondary N) is 1. The zero-order valence-electron chi connectivity index (χ0n) is 19.7. The van der Waals surface area contributed by atoms with Crippen LogP contribution in [-0.2, 0) is 14.8 Å². The van der Waals surface area contributed by atoms with Gasteiger partial charge < -0.3 is 10.1 Å². The summed E-state index contributed by atoms with van der Waals surface area (Å²) in [5.41, 5.74) is 1.32. The third-order valence-corrected chi connectivity index (χ3v) is 7.42. The Morgan fingerprint density at radius 3 is 2.40 bits per heavy atom. The first-order valence-corrected chi connectivity index (χ1v) is 12.4. The molecule has 184 valence electrons. The van der Waals surface area contributed by atoms with Crippen LogP contribution in [0.2, 0.25) is 0 Å². The van der Waals surface area contributed by atoms with Crippen LogP contribution in [-0.4, -0.2) is 32.9 Å². The van der Waals surface area contributed by atoms with E-state index in [9.17, 15) is 23.3 Å². The minimum atomic E-state index is -4.32. The summed E-state index contributed by atoms with van der Waals surface area (Å²) in [6.45, 7) is 3.57. The maximum Gasteiger partial charge on any atom is 0.270 e. The second-order valence-electron chi connectivity index (χ2n) is 7.92. The number of sulfonamides is 1. The lowest BCUT2D eigenvalue weighted by Gasteiger charge is -2.25. The molecule has 10 heteroatoms. The van der Waals surface area contributed by atoms with E-state index in [1.807, 2.05) is 12.1 Å². The van der Waals surface area contributed by atoms with Gasteiger partial charge in [0, 0.05) is 12.1 Å². The molecule has 3 rings (SSSR count). The number of carbonyl (C=O) groups excluding carboxylic acids is 1. The lowest BCUT2D eigenvalue weighted by atomic mass is 9.99. The van der Waals surface area contributed by atoms with E-state index >= 15 is 0 Å². The van der Waals surface area contributed by atoms with Gasteiger partial charge in [0.15, 0.2) is 0 Å². The number of non-ortho nitro benzene ring substituents is 1. The van der Waals surface area contributed by atoms with Crippen LogP contribution in [0.1, 0.15) is 31.7 Å². The first-order chi connectivity index (χ1) is 16.7. The number of carbonyl (C=O) groups is 1. The van der Waals surface area contributed by atoms with E-state index in [1.165, 1.54) is 25.3 Å². The number of methoxy groups -OCH3 is 1. The summed E-state index contributed by atoms with van der Waals surface area (Å²) in [7, 11) is -2.85. The Morgan fingerprint density at radius 1 is 1.09 bits per heavy atom. The Labute approximate surface area is 204 Å². The molecule has 1 N–H and O–H groups in total. The highest BCUT2D eigenvalue weighted by molar-refractivity contribution is 7.92. The number of nitro benzene ring substituents is 1. The zero-order valence-corrected chi connectivity index (χ0v) is 20.5. The Hall–Kier alpha value is -3.92. The van der Waals surface area contributed by atoms with Crippen molar-refractivity contribution in [1.29, 1.82) is 0 Å². The molecule has 3 aromatic carbocycles. The molecule has 0 aliphatic heterocycles. The van der Waals surface area contributed by atoms with E-state index in [0.717, 1.165) is 22.4 Å². The summed E-state index contributed by atoms with van der Waals surface area (Å²) < 4.78 is 33.4. The molecule has 0 saturated carbocycles. The zero-order chi connectivity index (χ0) is 25.6. The lowest BCUT2D eigenvalue weighted by Crippen LogP contribution is -2.38. The van der Waals surface area contributed by atoms with E-state index in [0.29, 0.717) is 11.4 Å². The van der Waals surface area contributed by atoms with Gasteiger partial charge in [-0.2, -0.15) is 0 Å². The van der Waals surface area contributed by atoms with Crippen LogP contribution in [0.3, 0.4) is 0 Å². The fraction of sp³-hybridized carbons (Fsp3) is 0.240. The lowest BCUT2D eigenvalue weighted by molar-refractivity contribution is -0.385. The predicted octanol–water partition coefficient (Wildman–Crippen LogP) is 4.95. The summed E-state index contributed by atoms with van der Waals surface area (Å²) in [6, 6.07) is 18.4. The third kappa shape index (κ3) is 5.96. The molecule has 9 nitrogen and oxygen atoms in total. The van der Waals surface area contributed by atoms with Gasteiger partial charge in [0.2, 0.25) is 5.91 Å². The van der Waals surface area contributed by atoms with Crippen LogP contribution in [0.4, 0.5) is 17.1 Å². The molecule has 0 saturated heterocycles. The summed E-state index contributed by atoms with van der Waals surface area (Å²) in [6.07, 6.45) is 0.913. The minimum absolute atomic E-state index is 0.263. The molecule has 0 aliphatic rings. The standard InChI is InChI=1S/C25H27N3O6S/c1-4-18(2)19-12-14-20(15-13-19)27(17-25(29)26-23-10-5-6-11-24(23)34-3)35(32,33)22-9-7-8-21(16-22)28(30)31/h5-16,18H,4,17H2,1-3H3,(H,26,29). The highest BCUT2D eigenvalue weighted by Gasteiger charge is 2.29. The number of anilines is 2. The maximum absolute atomic E-state index is 13.6. The van der Waals surface area contributed by atoms with E-state index in [4.69, 9.17) is 4.74 Å². The van der Waals surface area contributed by atoms with E-state index < -0.39 is 27.4 Å². The number of rotatable bonds is 10. The monoisotopic (exact) mass is 497 g/mol.